The summed E-state index contributed by atoms with van der Waals surface area (Å²) in [6, 6.07) is 16.1. The molecule has 13 heteroatoms. The number of rotatable bonds is 4. The predicted octanol–water partition coefficient (Wildman–Crippen LogP) is 3.85. The largest absolute Gasteiger partial charge is 0.505 e. The van der Waals surface area contributed by atoms with Crippen molar-refractivity contribution >= 4 is 112 Å². The zero-order chi connectivity index (χ0) is 22.4. The molecule has 4 aromatic carbocycles. The number of fused-ring (bicyclic) bond motifs is 2. The zero-order valence-corrected chi connectivity index (χ0v) is 23.2. The number of hydrogen-bond acceptors (Lipinski definition) is 7. The first kappa shape index (κ1) is 27.9. The predicted molar refractivity (Wildman–Crippen MR) is 125 cm³/mol. The molecule has 33 heavy (non-hydrogen) atoms. The minimum Gasteiger partial charge on any atom is -0.505 e. The van der Waals surface area contributed by atoms with Crippen LogP contribution in [0.25, 0.3) is 21.5 Å². The molecule has 9 nitrogen and oxygen atoms in total. The van der Waals surface area contributed by atoms with Gasteiger partial charge in [-0.3, -0.25) is 9.11 Å². The number of aromatic hydroxyl groups is 1. The smallest absolute Gasteiger partial charge is 0.296 e. The van der Waals surface area contributed by atoms with Gasteiger partial charge in [0.1, 0.15) is 21.2 Å². The van der Waals surface area contributed by atoms with Crippen molar-refractivity contribution in [2.45, 2.75) is 9.79 Å². The summed E-state index contributed by atoms with van der Waals surface area (Å²) < 4.78 is 66.5. The Morgan fingerprint density at radius 2 is 1.18 bits per heavy atom. The van der Waals surface area contributed by atoms with Gasteiger partial charge >= 0.3 is 0 Å². The standard InChI is InChI=1S/C20H14N2O7S2.2Na/c23-20-15-8-4-3-7-14(15)18(31(27,28)29)11-16(20)21-22-19-13-6-2-1-5-12(13)9-10-17(19)30(24,25)26;;/h1-11,23H,(H,24,25,26)(H,27,28,29);;. The van der Waals surface area contributed by atoms with E-state index in [1.165, 1.54) is 24.3 Å². The fourth-order valence-corrected chi connectivity index (χ4v) is 4.60. The number of azo groups is 1. The number of nitrogens with zero attached hydrogens (tertiary/aromatic N) is 2. The van der Waals surface area contributed by atoms with Crippen LogP contribution in [-0.4, -0.2) is 90.2 Å². The summed E-state index contributed by atoms with van der Waals surface area (Å²) >= 11 is 0. The molecule has 0 aliphatic heterocycles. The number of hydrogen-bond donors (Lipinski definition) is 3. The number of phenols is 1. The molecule has 0 fully saturated rings. The molecule has 0 atom stereocenters. The van der Waals surface area contributed by atoms with Crippen molar-refractivity contribution in [3.05, 3.63) is 66.7 Å². The van der Waals surface area contributed by atoms with Crippen molar-refractivity contribution in [2.75, 3.05) is 0 Å². The van der Waals surface area contributed by atoms with Crippen LogP contribution in [-0.2, 0) is 20.2 Å². The first-order chi connectivity index (χ1) is 14.6. The Labute approximate surface area is 233 Å². The van der Waals surface area contributed by atoms with Gasteiger partial charge < -0.3 is 5.11 Å². The summed E-state index contributed by atoms with van der Waals surface area (Å²) in [5.74, 6) is -0.416. The van der Waals surface area contributed by atoms with Gasteiger partial charge in [0.05, 0.1) is 0 Å². The molecular weight excluding hydrogens is 490 g/mol. The maximum atomic E-state index is 11.8. The third-order valence-electron chi connectivity index (χ3n) is 4.64. The normalized spacial score (nSPS) is 11.9. The molecule has 4 rings (SSSR count). The average molecular weight is 504 g/mol. The Kier molecular flexibility index (Phi) is 8.85. The van der Waals surface area contributed by atoms with E-state index in [1.807, 2.05) is 0 Å². The van der Waals surface area contributed by atoms with Crippen molar-refractivity contribution < 1.29 is 31.0 Å². The van der Waals surface area contributed by atoms with E-state index in [-0.39, 0.29) is 81.3 Å². The summed E-state index contributed by atoms with van der Waals surface area (Å²) in [7, 11) is -9.32. The summed E-state index contributed by atoms with van der Waals surface area (Å²) in [6.07, 6.45) is 0. The first-order valence-corrected chi connectivity index (χ1v) is 11.6. The number of benzene rings is 4. The van der Waals surface area contributed by atoms with Crippen LogP contribution in [0.1, 0.15) is 0 Å². The van der Waals surface area contributed by atoms with E-state index < -0.39 is 35.8 Å². The number of phenolic OH excluding ortho intramolecular Hbond substituents is 1. The molecule has 0 amide bonds. The minimum absolute atomic E-state index is 0. The van der Waals surface area contributed by atoms with Crippen molar-refractivity contribution in [1.82, 2.24) is 0 Å². The van der Waals surface area contributed by atoms with Crippen molar-refractivity contribution in [3.8, 4) is 5.75 Å². The zero-order valence-electron chi connectivity index (χ0n) is 17.5. The molecule has 0 spiro atoms. The topological polar surface area (TPSA) is 154 Å². The van der Waals surface area contributed by atoms with Crippen LogP contribution in [0.5, 0.6) is 5.75 Å². The Morgan fingerprint density at radius 3 is 1.79 bits per heavy atom. The third-order valence-corrected chi connectivity index (χ3v) is 6.41. The van der Waals surface area contributed by atoms with E-state index in [9.17, 15) is 31.0 Å². The van der Waals surface area contributed by atoms with E-state index in [0.717, 1.165) is 12.1 Å². The van der Waals surface area contributed by atoms with Gasteiger partial charge in [0.25, 0.3) is 20.2 Å². The monoisotopic (exact) mass is 504 g/mol. The molecule has 0 saturated carbocycles. The van der Waals surface area contributed by atoms with Gasteiger partial charge in [-0.05, 0) is 17.5 Å². The van der Waals surface area contributed by atoms with Gasteiger partial charge in [-0.2, -0.15) is 16.8 Å². The molecular formula is C20H14N2Na2O7S2. The molecule has 160 valence electrons. The van der Waals surface area contributed by atoms with Gasteiger partial charge in [-0.25, -0.2) is 0 Å². The van der Waals surface area contributed by atoms with Crippen LogP contribution in [0.3, 0.4) is 0 Å². The Bertz CT molecular complexity index is 1610. The van der Waals surface area contributed by atoms with Gasteiger partial charge in [-0.1, -0.05) is 54.6 Å². The van der Waals surface area contributed by atoms with E-state index in [1.54, 1.807) is 30.3 Å². The van der Waals surface area contributed by atoms with Crippen LogP contribution >= 0.6 is 0 Å². The third kappa shape index (κ3) is 5.65. The first-order valence-electron chi connectivity index (χ1n) is 8.70. The maximum absolute atomic E-state index is 11.8. The van der Waals surface area contributed by atoms with E-state index in [2.05, 4.69) is 10.2 Å². The van der Waals surface area contributed by atoms with Crippen molar-refractivity contribution in [1.29, 1.82) is 0 Å². The summed E-state index contributed by atoms with van der Waals surface area (Å²) in [5.41, 5.74) is -0.512. The Balaban J connectivity index is 0.00000193. The van der Waals surface area contributed by atoms with E-state index in [0.29, 0.717) is 10.8 Å². The fourth-order valence-electron chi connectivity index (χ4n) is 3.25. The minimum atomic E-state index is -4.67. The second-order valence-electron chi connectivity index (χ2n) is 6.57. The molecule has 0 heterocycles. The molecule has 2 radical (unpaired) electrons. The van der Waals surface area contributed by atoms with Crippen LogP contribution in [0, 0.1) is 0 Å². The van der Waals surface area contributed by atoms with Crippen LogP contribution in [0.4, 0.5) is 11.4 Å². The van der Waals surface area contributed by atoms with Crippen LogP contribution in [0.15, 0.2) is 86.7 Å². The van der Waals surface area contributed by atoms with E-state index >= 15 is 0 Å². The SMILES string of the molecule is O=S(=O)(O)c1ccc2ccccc2c1N=Nc1cc(S(=O)(=O)O)c2ccccc2c1O.[Na].[Na]. The van der Waals surface area contributed by atoms with E-state index in [4.69, 9.17) is 0 Å². The van der Waals surface area contributed by atoms with Gasteiger partial charge in [0, 0.05) is 75.3 Å². The molecule has 3 N–H and O–H groups in total. The quantitative estimate of drug-likeness (QED) is 0.217. The molecule has 0 unspecified atom stereocenters. The molecule has 0 aromatic heterocycles. The summed E-state index contributed by atoms with van der Waals surface area (Å²) in [4.78, 5) is -1.01. The van der Waals surface area contributed by atoms with Gasteiger partial charge in [0.2, 0.25) is 0 Å². The second-order valence-corrected chi connectivity index (χ2v) is 9.35. The molecule has 0 aliphatic rings. The molecule has 0 saturated heterocycles. The molecule has 0 aliphatic carbocycles. The van der Waals surface area contributed by atoms with Crippen molar-refractivity contribution in [3.63, 3.8) is 0 Å². The van der Waals surface area contributed by atoms with Gasteiger partial charge in [0.15, 0.2) is 5.75 Å². The fraction of sp³-hybridized carbons (Fsp3) is 0. The second kappa shape index (κ2) is 10.5. The van der Waals surface area contributed by atoms with Gasteiger partial charge in [-0.15, -0.1) is 10.2 Å². The molecule has 4 aromatic rings. The Hall–Kier alpha value is -1.38. The average Bonchev–Trinajstić information content (AvgIpc) is 2.71. The van der Waals surface area contributed by atoms with Crippen LogP contribution < -0.4 is 0 Å². The maximum Gasteiger partial charge on any atom is 0.296 e. The van der Waals surface area contributed by atoms with Crippen molar-refractivity contribution in [2.24, 2.45) is 10.2 Å². The Morgan fingerprint density at radius 1 is 0.636 bits per heavy atom. The van der Waals surface area contributed by atoms with Crippen LogP contribution in [0.2, 0.25) is 0 Å². The molecule has 0 bridgehead atoms. The summed E-state index contributed by atoms with van der Waals surface area (Å²) in [5, 5.41) is 19.5. The summed E-state index contributed by atoms with van der Waals surface area (Å²) in [6.45, 7) is 0.